The first-order valence-corrected chi connectivity index (χ1v) is 9.64. The van der Waals surface area contributed by atoms with Crippen molar-refractivity contribution < 1.29 is 4.74 Å². The van der Waals surface area contributed by atoms with Gasteiger partial charge in [0.05, 0.1) is 0 Å². The second-order valence-electron chi connectivity index (χ2n) is 4.38. The molecule has 0 heterocycles. The Kier molecular flexibility index (Phi) is 38.8. The largest absolute Gasteiger partial charge is 0.457 e. The minimum Gasteiger partial charge on any atom is -0.457 e. The Bertz CT molecular complexity index is 552. The fourth-order valence-corrected chi connectivity index (χ4v) is 1.65. The Labute approximate surface area is 183 Å². The van der Waals surface area contributed by atoms with E-state index in [2.05, 4.69) is 19.1 Å². The molecule has 0 aromatic heterocycles. The van der Waals surface area contributed by atoms with E-state index < -0.39 is 0 Å². The van der Waals surface area contributed by atoms with Gasteiger partial charge in [-0.15, -0.1) is 0 Å². The first-order valence-electron chi connectivity index (χ1n) is 9.64. The predicted octanol–water partition coefficient (Wildman–Crippen LogP) is 10.5. The Morgan fingerprint density at radius 2 is 0.655 bits per heavy atom. The molecule has 1 heteroatoms. The standard InChI is InChI=1S/C12H10O.C7H8.3C2H6.3CH4/c1-3-7-11(8-4-1)13-12-9-5-2-6-10-12;1-7-5-3-2-4-6-7;3*1-2;;;/h1-10H;2-6H,1H3;3*1-2H3;3*1H4. The number of hydrogen-bond donors (Lipinski definition) is 0. The molecule has 0 aliphatic carbocycles. The monoisotopic (exact) mass is 400 g/mol. The SMILES string of the molecule is C.C.C.CC.CC.CC.Cc1ccccc1.c1ccc(Oc2ccccc2)cc1. The first-order chi connectivity index (χ1) is 12.8. The number of aryl methyl sites for hydroxylation is 1. The van der Waals surface area contributed by atoms with Crippen molar-refractivity contribution >= 4 is 0 Å². The van der Waals surface area contributed by atoms with Crippen molar-refractivity contribution in [2.24, 2.45) is 0 Å². The molecule has 0 saturated carbocycles. The van der Waals surface area contributed by atoms with E-state index >= 15 is 0 Å². The van der Waals surface area contributed by atoms with Gasteiger partial charge >= 0.3 is 0 Å². The molecule has 3 aromatic carbocycles. The molecule has 0 bridgehead atoms. The molecule has 0 saturated heterocycles. The van der Waals surface area contributed by atoms with Crippen LogP contribution in [0.3, 0.4) is 0 Å². The second kappa shape index (κ2) is 30.2. The van der Waals surface area contributed by atoms with Gasteiger partial charge in [-0.1, -0.05) is 136 Å². The van der Waals surface area contributed by atoms with Crippen LogP contribution >= 0.6 is 0 Å². The van der Waals surface area contributed by atoms with E-state index in [1.54, 1.807) is 0 Å². The summed E-state index contributed by atoms with van der Waals surface area (Å²) in [5.74, 6) is 1.74. The lowest BCUT2D eigenvalue weighted by Gasteiger charge is -2.03. The zero-order chi connectivity index (χ0) is 20.0. The van der Waals surface area contributed by atoms with Crippen molar-refractivity contribution in [3.63, 3.8) is 0 Å². The van der Waals surface area contributed by atoms with E-state index in [-0.39, 0.29) is 22.3 Å². The molecule has 0 fully saturated rings. The molecule has 0 unspecified atom stereocenters. The van der Waals surface area contributed by atoms with Crippen LogP contribution in [0.2, 0.25) is 0 Å². The minimum atomic E-state index is 0. The zero-order valence-electron chi connectivity index (χ0n) is 17.6. The second-order valence-corrected chi connectivity index (χ2v) is 4.38. The number of benzene rings is 3. The molecule has 166 valence electrons. The third-order valence-electron chi connectivity index (χ3n) is 2.66. The molecule has 3 rings (SSSR count). The number of hydrogen-bond acceptors (Lipinski definition) is 1. The summed E-state index contributed by atoms with van der Waals surface area (Å²) in [5.41, 5.74) is 1.32. The van der Waals surface area contributed by atoms with Crippen molar-refractivity contribution in [2.45, 2.75) is 70.7 Å². The fourth-order valence-electron chi connectivity index (χ4n) is 1.65. The van der Waals surface area contributed by atoms with Gasteiger partial charge in [0.25, 0.3) is 0 Å². The number of ether oxygens (including phenoxy) is 1. The predicted molar refractivity (Wildman–Crippen MR) is 138 cm³/mol. The van der Waals surface area contributed by atoms with Gasteiger partial charge in [0.2, 0.25) is 0 Å². The molecule has 0 aliphatic rings. The number of para-hydroxylation sites is 2. The molecule has 0 atom stereocenters. The smallest absolute Gasteiger partial charge is 0.127 e. The maximum absolute atomic E-state index is 5.58. The molecule has 0 amide bonds. The van der Waals surface area contributed by atoms with Gasteiger partial charge in [-0.25, -0.2) is 0 Å². The fraction of sp³-hybridized carbons (Fsp3) is 0.357. The van der Waals surface area contributed by atoms with E-state index in [0.29, 0.717) is 0 Å². The Hall–Kier alpha value is -2.54. The average Bonchev–Trinajstić information content (AvgIpc) is 2.75. The van der Waals surface area contributed by atoms with Gasteiger partial charge in [-0.3, -0.25) is 0 Å². The summed E-state index contributed by atoms with van der Waals surface area (Å²) >= 11 is 0. The summed E-state index contributed by atoms with van der Waals surface area (Å²) in [6.45, 7) is 14.1. The lowest BCUT2D eigenvalue weighted by molar-refractivity contribution is 0.482. The zero-order valence-corrected chi connectivity index (χ0v) is 17.6. The third kappa shape index (κ3) is 21.6. The summed E-state index contributed by atoms with van der Waals surface area (Å²) in [7, 11) is 0. The Balaban J connectivity index is -0.000000104. The molecule has 29 heavy (non-hydrogen) atoms. The summed E-state index contributed by atoms with van der Waals surface area (Å²) in [6.07, 6.45) is 0. The highest BCUT2D eigenvalue weighted by Crippen LogP contribution is 2.19. The first kappa shape index (κ1) is 37.2. The molecule has 0 radical (unpaired) electrons. The lowest BCUT2D eigenvalue weighted by Crippen LogP contribution is -1.81. The Morgan fingerprint density at radius 3 is 0.862 bits per heavy atom. The summed E-state index contributed by atoms with van der Waals surface area (Å²) in [4.78, 5) is 0. The van der Waals surface area contributed by atoms with Crippen molar-refractivity contribution in [1.29, 1.82) is 0 Å². The normalized spacial score (nSPS) is 7.00. The van der Waals surface area contributed by atoms with Crippen LogP contribution in [-0.2, 0) is 0 Å². The summed E-state index contributed by atoms with van der Waals surface area (Å²) in [6, 6.07) is 29.8. The summed E-state index contributed by atoms with van der Waals surface area (Å²) in [5, 5.41) is 0. The molecule has 3 aromatic rings. The van der Waals surface area contributed by atoms with Crippen LogP contribution in [0.1, 0.15) is 69.4 Å². The molecule has 0 aliphatic heterocycles. The van der Waals surface area contributed by atoms with E-state index in [1.807, 2.05) is 120 Å². The van der Waals surface area contributed by atoms with Crippen LogP contribution in [0.25, 0.3) is 0 Å². The van der Waals surface area contributed by atoms with Gasteiger partial charge < -0.3 is 4.74 Å². The van der Waals surface area contributed by atoms with Crippen molar-refractivity contribution in [2.75, 3.05) is 0 Å². The van der Waals surface area contributed by atoms with Gasteiger partial charge in [0.15, 0.2) is 0 Å². The molecule has 1 nitrogen and oxygen atoms in total. The van der Waals surface area contributed by atoms with Gasteiger partial charge in [-0.2, -0.15) is 0 Å². The topological polar surface area (TPSA) is 9.23 Å². The van der Waals surface area contributed by atoms with Gasteiger partial charge in [-0.05, 0) is 31.2 Å². The third-order valence-corrected chi connectivity index (χ3v) is 2.66. The number of rotatable bonds is 2. The summed E-state index contributed by atoms with van der Waals surface area (Å²) < 4.78 is 5.58. The minimum absolute atomic E-state index is 0. The van der Waals surface area contributed by atoms with Crippen LogP contribution in [0.15, 0.2) is 91.0 Å². The van der Waals surface area contributed by atoms with E-state index in [4.69, 9.17) is 4.74 Å². The highest BCUT2D eigenvalue weighted by molar-refractivity contribution is 5.30. The van der Waals surface area contributed by atoms with Gasteiger partial charge in [0, 0.05) is 0 Å². The molecular weight excluding hydrogens is 352 g/mol. The van der Waals surface area contributed by atoms with Crippen LogP contribution in [-0.4, -0.2) is 0 Å². The maximum atomic E-state index is 5.58. The average molecular weight is 401 g/mol. The van der Waals surface area contributed by atoms with Crippen LogP contribution in [0.5, 0.6) is 11.5 Å². The molecule has 0 spiro atoms. The highest BCUT2D eigenvalue weighted by atomic mass is 16.5. The van der Waals surface area contributed by atoms with E-state index in [1.165, 1.54) is 5.56 Å². The van der Waals surface area contributed by atoms with Crippen LogP contribution in [0, 0.1) is 6.92 Å². The molecule has 0 N–H and O–H groups in total. The Morgan fingerprint density at radius 1 is 0.414 bits per heavy atom. The molecular formula is C28H48O. The van der Waals surface area contributed by atoms with Crippen molar-refractivity contribution in [3.8, 4) is 11.5 Å². The van der Waals surface area contributed by atoms with E-state index in [0.717, 1.165) is 11.5 Å². The van der Waals surface area contributed by atoms with E-state index in [9.17, 15) is 0 Å². The quantitative estimate of drug-likeness (QED) is 0.415. The highest BCUT2D eigenvalue weighted by Gasteiger charge is 1.92. The maximum Gasteiger partial charge on any atom is 0.127 e. The van der Waals surface area contributed by atoms with Gasteiger partial charge in [0.1, 0.15) is 11.5 Å². The van der Waals surface area contributed by atoms with Crippen molar-refractivity contribution in [3.05, 3.63) is 96.6 Å². The lowest BCUT2D eigenvalue weighted by atomic mass is 10.2. The van der Waals surface area contributed by atoms with Crippen LogP contribution < -0.4 is 4.74 Å². The van der Waals surface area contributed by atoms with Crippen LogP contribution in [0.4, 0.5) is 0 Å². The van der Waals surface area contributed by atoms with Crippen molar-refractivity contribution in [1.82, 2.24) is 0 Å².